The highest BCUT2D eigenvalue weighted by Crippen LogP contribution is 1.98. The van der Waals surface area contributed by atoms with Crippen LogP contribution in [-0.4, -0.2) is 57.1 Å². The van der Waals surface area contributed by atoms with Crippen LogP contribution in [-0.2, 0) is 14.3 Å². The van der Waals surface area contributed by atoms with Gasteiger partial charge in [0.1, 0.15) is 0 Å². The molecule has 0 aliphatic rings. The quantitative estimate of drug-likeness (QED) is 0.421. The lowest BCUT2D eigenvalue weighted by molar-refractivity contribution is -0.137. The van der Waals surface area contributed by atoms with Crippen molar-refractivity contribution in [2.75, 3.05) is 40.0 Å². The standard InChI is InChI=1S/C14H28N2O5/c1-20-11-12-21-10-6-5-9-16-14(19)15-8-4-2-3-7-13(17)18/h2-12H2,1H3,(H,17,18)(H2,15,16,19). The maximum absolute atomic E-state index is 11.4. The third-order valence-corrected chi connectivity index (χ3v) is 2.79. The predicted molar refractivity (Wildman–Crippen MR) is 79.4 cm³/mol. The zero-order valence-electron chi connectivity index (χ0n) is 12.9. The van der Waals surface area contributed by atoms with Gasteiger partial charge in [-0.3, -0.25) is 4.79 Å². The summed E-state index contributed by atoms with van der Waals surface area (Å²) >= 11 is 0. The summed E-state index contributed by atoms with van der Waals surface area (Å²) < 4.78 is 10.2. The van der Waals surface area contributed by atoms with Crippen LogP contribution >= 0.6 is 0 Å². The van der Waals surface area contributed by atoms with E-state index in [1.54, 1.807) is 7.11 Å². The van der Waals surface area contributed by atoms with Crippen LogP contribution in [0.5, 0.6) is 0 Å². The third kappa shape index (κ3) is 16.6. The molecule has 0 saturated carbocycles. The van der Waals surface area contributed by atoms with Crippen molar-refractivity contribution in [2.24, 2.45) is 0 Å². The van der Waals surface area contributed by atoms with Gasteiger partial charge in [-0.15, -0.1) is 0 Å². The topological polar surface area (TPSA) is 96.9 Å². The SMILES string of the molecule is COCCOCCCCNC(=O)NCCCCCC(=O)O. The van der Waals surface area contributed by atoms with Crippen molar-refractivity contribution in [1.82, 2.24) is 10.6 Å². The number of urea groups is 1. The molecular weight excluding hydrogens is 276 g/mol. The average Bonchev–Trinajstić information content (AvgIpc) is 2.45. The first kappa shape index (κ1) is 19.7. The molecule has 0 spiro atoms. The molecule has 2 amide bonds. The van der Waals surface area contributed by atoms with Crippen molar-refractivity contribution in [2.45, 2.75) is 38.5 Å². The summed E-state index contributed by atoms with van der Waals surface area (Å²) in [5, 5.41) is 14.0. The van der Waals surface area contributed by atoms with Crippen LogP contribution in [0, 0.1) is 0 Å². The van der Waals surface area contributed by atoms with Crippen molar-refractivity contribution in [3.63, 3.8) is 0 Å². The van der Waals surface area contributed by atoms with Crippen LogP contribution < -0.4 is 10.6 Å². The van der Waals surface area contributed by atoms with Gasteiger partial charge in [0.05, 0.1) is 13.2 Å². The third-order valence-electron chi connectivity index (χ3n) is 2.79. The summed E-state index contributed by atoms with van der Waals surface area (Å²) in [6.07, 6.45) is 4.23. The number of rotatable bonds is 14. The first-order valence-electron chi connectivity index (χ1n) is 7.47. The summed E-state index contributed by atoms with van der Waals surface area (Å²) in [6, 6.07) is -0.173. The second-order valence-electron chi connectivity index (χ2n) is 4.70. The van der Waals surface area contributed by atoms with Crippen molar-refractivity contribution in [1.29, 1.82) is 0 Å². The van der Waals surface area contributed by atoms with Crippen LogP contribution in [0.2, 0.25) is 0 Å². The molecule has 0 aromatic heterocycles. The molecule has 0 aliphatic heterocycles. The number of carbonyl (C=O) groups excluding carboxylic acids is 1. The van der Waals surface area contributed by atoms with Crippen molar-refractivity contribution >= 4 is 12.0 Å². The van der Waals surface area contributed by atoms with Crippen LogP contribution in [0.15, 0.2) is 0 Å². The first-order valence-corrected chi connectivity index (χ1v) is 7.47. The number of amides is 2. The molecule has 7 heteroatoms. The lowest BCUT2D eigenvalue weighted by atomic mass is 10.2. The van der Waals surface area contributed by atoms with Gasteiger partial charge in [0, 0.05) is 33.2 Å². The van der Waals surface area contributed by atoms with Gasteiger partial charge in [0.2, 0.25) is 0 Å². The normalized spacial score (nSPS) is 10.3. The van der Waals surface area contributed by atoms with E-state index in [9.17, 15) is 9.59 Å². The number of nitrogens with one attached hydrogen (secondary N) is 2. The van der Waals surface area contributed by atoms with Gasteiger partial charge in [0.15, 0.2) is 0 Å². The van der Waals surface area contributed by atoms with Gasteiger partial charge < -0.3 is 25.2 Å². The number of carbonyl (C=O) groups is 2. The van der Waals surface area contributed by atoms with Gasteiger partial charge in [-0.1, -0.05) is 6.42 Å². The molecule has 0 atom stereocenters. The van der Waals surface area contributed by atoms with Gasteiger partial charge >= 0.3 is 12.0 Å². The van der Waals surface area contributed by atoms with Gasteiger partial charge in [-0.05, 0) is 25.7 Å². The molecule has 0 aromatic rings. The Morgan fingerprint density at radius 1 is 0.905 bits per heavy atom. The molecule has 0 aromatic carbocycles. The highest BCUT2D eigenvalue weighted by molar-refractivity contribution is 5.73. The van der Waals surface area contributed by atoms with E-state index in [0.717, 1.165) is 25.7 Å². The average molecular weight is 304 g/mol. The lowest BCUT2D eigenvalue weighted by Gasteiger charge is -2.07. The lowest BCUT2D eigenvalue weighted by Crippen LogP contribution is -2.36. The number of carboxylic acids is 1. The molecule has 0 saturated heterocycles. The molecule has 124 valence electrons. The van der Waals surface area contributed by atoms with Crippen molar-refractivity contribution in [3.05, 3.63) is 0 Å². The van der Waals surface area contributed by atoms with Gasteiger partial charge in [-0.25, -0.2) is 4.79 Å². The predicted octanol–water partition coefficient (Wildman–Crippen LogP) is 1.37. The Labute approximate surface area is 126 Å². The molecule has 0 unspecified atom stereocenters. The first-order chi connectivity index (χ1) is 10.2. The minimum atomic E-state index is -0.771. The fraction of sp³-hybridized carbons (Fsp3) is 0.857. The Bertz CT molecular complexity index is 274. The van der Waals surface area contributed by atoms with Crippen molar-refractivity contribution < 1.29 is 24.2 Å². The van der Waals surface area contributed by atoms with Crippen molar-refractivity contribution in [3.8, 4) is 0 Å². The Kier molecular flexibility index (Phi) is 14.1. The number of ether oxygens (including phenoxy) is 2. The van der Waals surface area contributed by atoms with E-state index in [-0.39, 0.29) is 12.5 Å². The number of hydrogen-bond donors (Lipinski definition) is 3. The molecule has 0 rings (SSSR count). The Morgan fingerprint density at radius 3 is 2.19 bits per heavy atom. The second kappa shape index (κ2) is 15.1. The maximum Gasteiger partial charge on any atom is 0.314 e. The highest BCUT2D eigenvalue weighted by Gasteiger charge is 2.00. The summed E-state index contributed by atoms with van der Waals surface area (Å²) in [6.45, 7) is 3.08. The largest absolute Gasteiger partial charge is 0.481 e. The summed E-state index contributed by atoms with van der Waals surface area (Å²) in [5.41, 5.74) is 0. The Hall–Kier alpha value is -1.34. The molecule has 0 aliphatic carbocycles. The molecule has 0 bridgehead atoms. The number of hydrogen-bond acceptors (Lipinski definition) is 4. The zero-order valence-corrected chi connectivity index (χ0v) is 12.9. The van der Waals surface area contributed by atoms with E-state index in [0.29, 0.717) is 39.3 Å². The fourth-order valence-electron chi connectivity index (χ4n) is 1.62. The van der Waals surface area contributed by atoms with E-state index in [4.69, 9.17) is 14.6 Å². The molecular formula is C14H28N2O5. The summed E-state index contributed by atoms with van der Waals surface area (Å²) in [7, 11) is 1.64. The smallest absolute Gasteiger partial charge is 0.314 e. The van der Waals surface area contributed by atoms with E-state index < -0.39 is 5.97 Å². The van der Waals surface area contributed by atoms with E-state index in [1.165, 1.54) is 0 Å². The minimum absolute atomic E-state index is 0.173. The van der Waals surface area contributed by atoms with E-state index in [2.05, 4.69) is 10.6 Å². The number of unbranched alkanes of at least 4 members (excludes halogenated alkanes) is 3. The number of methoxy groups -OCH3 is 1. The highest BCUT2D eigenvalue weighted by atomic mass is 16.5. The number of carboxylic acid groups (broad SMARTS) is 1. The molecule has 7 nitrogen and oxygen atoms in total. The minimum Gasteiger partial charge on any atom is -0.481 e. The Morgan fingerprint density at radius 2 is 1.57 bits per heavy atom. The molecule has 0 radical (unpaired) electrons. The Balaban J connectivity index is 3.18. The monoisotopic (exact) mass is 304 g/mol. The van der Waals surface area contributed by atoms with Crippen LogP contribution in [0.3, 0.4) is 0 Å². The summed E-state index contributed by atoms with van der Waals surface area (Å²) in [5.74, 6) is -0.771. The molecule has 0 heterocycles. The van der Waals surface area contributed by atoms with Crippen LogP contribution in [0.1, 0.15) is 38.5 Å². The molecule has 3 N–H and O–H groups in total. The second-order valence-corrected chi connectivity index (χ2v) is 4.70. The van der Waals surface area contributed by atoms with Gasteiger partial charge in [0.25, 0.3) is 0 Å². The van der Waals surface area contributed by atoms with E-state index >= 15 is 0 Å². The van der Waals surface area contributed by atoms with Crippen LogP contribution in [0.25, 0.3) is 0 Å². The summed E-state index contributed by atoms with van der Waals surface area (Å²) in [4.78, 5) is 21.7. The zero-order chi connectivity index (χ0) is 15.8. The van der Waals surface area contributed by atoms with Gasteiger partial charge in [-0.2, -0.15) is 0 Å². The van der Waals surface area contributed by atoms with Crippen LogP contribution in [0.4, 0.5) is 4.79 Å². The number of aliphatic carboxylic acids is 1. The van der Waals surface area contributed by atoms with E-state index in [1.807, 2.05) is 0 Å². The molecule has 21 heavy (non-hydrogen) atoms. The maximum atomic E-state index is 11.4. The molecule has 0 fully saturated rings. The fourth-order valence-corrected chi connectivity index (χ4v) is 1.62.